The highest BCUT2D eigenvalue weighted by Crippen LogP contribution is 2.57. The van der Waals surface area contributed by atoms with Crippen molar-refractivity contribution in [3.63, 3.8) is 0 Å². The topological polar surface area (TPSA) is 34.1 Å². The van der Waals surface area contributed by atoms with Gasteiger partial charge in [-0.05, 0) is 91.2 Å². The molecule has 128 valence electrons. The van der Waals surface area contributed by atoms with Gasteiger partial charge >= 0.3 is 0 Å². The first kappa shape index (κ1) is 17.3. The first-order valence-corrected chi connectivity index (χ1v) is 11.5. The lowest BCUT2D eigenvalue weighted by molar-refractivity contribution is 0.602. The normalized spacial score (nSPS) is 18.2. The standard InChI is InChI=1S/C20H16Br2O2S/c1-25(23,24)15-5-2-13(3-6-15)16-11-20(8-9-20)12-17(16)14-4-7-18(21)19(22)10-14/h2-7,10-12H,8-9H2,1H3. The van der Waals surface area contributed by atoms with Crippen LogP contribution in [-0.2, 0) is 9.84 Å². The minimum absolute atomic E-state index is 0.194. The molecule has 2 nitrogen and oxygen atoms in total. The summed E-state index contributed by atoms with van der Waals surface area (Å²) in [4.78, 5) is 0.355. The highest BCUT2D eigenvalue weighted by Gasteiger charge is 2.43. The third kappa shape index (κ3) is 3.29. The molecule has 4 rings (SSSR count). The molecule has 2 aromatic rings. The van der Waals surface area contributed by atoms with Gasteiger partial charge in [-0.25, -0.2) is 8.42 Å². The van der Waals surface area contributed by atoms with Gasteiger partial charge in [0.1, 0.15) is 0 Å². The molecule has 1 spiro atoms. The molecule has 1 saturated carbocycles. The molecule has 0 N–H and O–H groups in total. The van der Waals surface area contributed by atoms with Crippen LogP contribution in [0.15, 0.2) is 68.5 Å². The lowest BCUT2D eigenvalue weighted by Crippen LogP contribution is -1.97. The number of hydrogen-bond acceptors (Lipinski definition) is 2. The molecule has 5 heteroatoms. The Bertz CT molecular complexity index is 1030. The van der Waals surface area contributed by atoms with Gasteiger partial charge in [0, 0.05) is 20.6 Å². The summed E-state index contributed by atoms with van der Waals surface area (Å²) >= 11 is 7.11. The van der Waals surface area contributed by atoms with Crippen LogP contribution in [-0.4, -0.2) is 14.7 Å². The van der Waals surface area contributed by atoms with Crippen molar-refractivity contribution in [2.24, 2.45) is 5.41 Å². The lowest BCUT2D eigenvalue weighted by Gasteiger charge is -2.11. The van der Waals surface area contributed by atoms with Gasteiger partial charge in [0.2, 0.25) is 0 Å². The number of benzene rings is 2. The van der Waals surface area contributed by atoms with Crippen molar-refractivity contribution in [1.82, 2.24) is 0 Å². The number of hydrogen-bond donors (Lipinski definition) is 0. The number of sulfone groups is 1. The van der Waals surface area contributed by atoms with E-state index < -0.39 is 9.84 Å². The smallest absolute Gasteiger partial charge is 0.175 e. The van der Waals surface area contributed by atoms with Crippen LogP contribution < -0.4 is 0 Å². The first-order valence-electron chi connectivity index (χ1n) is 7.99. The fourth-order valence-corrected chi connectivity index (χ4v) is 4.48. The highest BCUT2D eigenvalue weighted by molar-refractivity contribution is 9.13. The molecule has 0 amide bonds. The van der Waals surface area contributed by atoms with Crippen molar-refractivity contribution in [1.29, 1.82) is 0 Å². The van der Waals surface area contributed by atoms with Crippen molar-refractivity contribution in [3.8, 4) is 0 Å². The monoisotopic (exact) mass is 478 g/mol. The van der Waals surface area contributed by atoms with E-state index in [1.165, 1.54) is 30.2 Å². The second kappa shape index (κ2) is 5.93. The highest BCUT2D eigenvalue weighted by atomic mass is 79.9. The van der Waals surface area contributed by atoms with Crippen LogP contribution in [0.25, 0.3) is 11.1 Å². The number of rotatable bonds is 3. The molecule has 2 aromatic carbocycles. The maximum absolute atomic E-state index is 11.7. The van der Waals surface area contributed by atoms with Gasteiger partial charge in [-0.3, -0.25) is 0 Å². The molecule has 0 atom stereocenters. The van der Waals surface area contributed by atoms with Gasteiger partial charge in [0.05, 0.1) is 4.90 Å². The minimum Gasteiger partial charge on any atom is -0.224 e. The van der Waals surface area contributed by atoms with Crippen LogP contribution in [0.1, 0.15) is 24.0 Å². The van der Waals surface area contributed by atoms with E-state index >= 15 is 0 Å². The molecule has 0 bridgehead atoms. The van der Waals surface area contributed by atoms with Crippen molar-refractivity contribution in [3.05, 3.63) is 74.7 Å². The quantitative estimate of drug-likeness (QED) is 0.551. The summed E-state index contributed by atoms with van der Waals surface area (Å²) in [6, 6.07) is 13.5. The van der Waals surface area contributed by atoms with E-state index in [1.54, 1.807) is 12.1 Å². The Labute approximate surface area is 164 Å². The summed E-state index contributed by atoms with van der Waals surface area (Å²) in [5.41, 5.74) is 4.82. The van der Waals surface area contributed by atoms with Gasteiger partial charge < -0.3 is 0 Å². The molecule has 0 aliphatic heterocycles. The Balaban J connectivity index is 1.78. The summed E-state index contributed by atoms with van der Waals surface area (Å²) in [6.45, 7) is 0. The van der Waals surface area contributed by atoms with Crippen LogP contribution in [0.3, 0.4) is 0 Å². The van der Waals surface area contributed by atoms with Crippen LogP contribution in [0.2, 0.25) is 0 Å². The van der Waals surface area contributed by atoms with E-state index in [0.29, 0.717) is 4.90 Å². The zero-order valence-corrected chi connectivity index (χ0v) is 17.6. The number of halogens is 2. The van der Waals surface area contributed by atoms with Gasteiger partial charge in [-0.15, -0.1) is 0 Å². The van der Waals surface area contributed by atoms with Crippen LogP contribution in [0.4, 0.5) is 0 Å². The molecular formula is C20H16Br2O2S. The Hall–Kier alpha value is -1.17. The lowest BCUT2D eigenvalue weighted by atomic mass is 9.95. The van der Waals surface area contributed by atoms with Gasteiger partial charge in [0.15, 0.2) is 9.84 Å². The molecule has 2 aliphatic rings. The predicted octanol–water partition coefficient (Wildman–Crippen LogP) is 5.88. The predicted molar refractivity (Wildman–Crippen MR) is 109 cm³/mol. The third-order valence-corrected chi connectivity index (χ3v) is 7.81. The van der Waals surface area contributed by atoms with E-state index in [9.17, 15) is 8.42 Å². The summed E-state index contributed by atoms with van der Waals surface area (Å²) in [7, 11) is -3.18. The van der Waals surface area contributed by atoms with E-state index in [0.717, 1.165) is 20.1 Å². The van der Waals surface area contributed by atoms with Gasteiger partial charge in [-0.1, -0.05) is 30.4 Å². The summed E-state index contributed by atoms with van der Waals surface area (Å²) < 4.78 is 25.4. The zero-order valence-electron chi connectivity index (χ0n) is 13.6. The maximum Gasteiger partial charge on any atom is 0.175 e. The fourth-order valence-electron chi connectivity index (χ4n) is 3.23. The first-order chi connectivity index (χ1) is 11.8. The van der Waals surface area contributed by atoms with Crippen LogP contribution >= 0.6 is 31.9 Å². The summed E-state index contributed by atoms with van der Waals surface area (Å²) in [5, 5.41) is 0. The van der Waals surface area contributed by atoms with Crippen molar-refractivity contribution in [2.45, 2.75) is 17.7 Å². The Morgan fingerprint density at radius 3 is 1.92 bits per heavy atom. The molecular weight excluding hydrogens is 464 g/mol. The molecule has 25 heavy (non-hydrogen) atoms. The van der Waals surface area contributed by atoms with Gasteiger partial charge in [-0.2, -0.15) is 0 Å². The molecule has 2 aliphatic carbocycles. The van der Waals surface area contributed by atoms with Gasteiger partial charge in [0.25, 0.3) is 0 Å². The van der Waals surface area contributed by atoms with Crippen LogP contribution in [0.5, 0.6) is 0 Å². The van der Waals surface area contributed by atoms with Crippen LogP contribution in [0, 0.1) is 5.41 Å². The second-order valence-electron chi connectivity index (χ2n) is 6.77. The third-order valence-electron chi connectivity index (χ3n) is 4.81. The summed E-state index contributed by atoms with van der Waals surface area (Å²) in [6.07, 6.45) is 8.30. The maximum atomic E-state index is 11.7. The second-order valence-corrected chi connectivity index (χ2v) is 10.5. The molecule has 0 radical (unpaired) electrons. The Morgan fingerprint density at radius 2 is 1.40 bits per heavy atom. The molecule has 0 saturated heterocycles. The van der Waals surface area contributed by atoms with E-state index in [-0.39, 0.29) is 5.41 Å². The minimum atomic E-state index is -3.18. The SMILES string of the molecule is CS(=O)(=O)c1ccc(C2=CC3(C=C2c2ccc(Br)c(Br)c2)CC3)cc1. The largest absolute Gasteiger partial charge is 0.224 e. The van der Waals surface area contributed by atoms with Crippen molar-refractivity contribution in [2.75, 3.05) is 6.26 Å². The Morgan fingerprint density at radius 1 is 0.840 bits per heavy atom. The molecule has 1 fully saturated rings. The Kier molecular flexibility index (Phi) is 4.09. The molecule has 0 unspecified atom stereocenters. The van der Waals surface area contributed by atoms with E-state index in [4.69, 9.17) is 0 Å². The van der Waals surface area contributed by atoms with E-state index in [2.05, 4.69) is 56.1 Å². The zero-order chi connectivity index (χ0) is 17.8. The average Bonchev–Trinajstić information content (AvgIpc) is 3.20. The average molecular weight is 480 g/mol. The van der Waals surface area contributed by atoms with Crippen molar-refractivity contribution >= 4 is 52.8 Å². The van der Waals surface area contributed by atoms with E-state index in [1.807, 2.05) is 18.2 Å². The van der Waals surface area contributed by atoms with Crippen molar-refractivity contribution < 1.29 is 8.42 Å². The molecule has 0 heterocycles. The molecule has 0 aromatic heterocycles. The fraction of sp³-hybridized carbons (Fsp3) is 0.200. The number of allylic oxidation sites excluding steroid dienone is 4. The summed E-state index contributed by atoms with van der Waals surface area (Å²) in [5.74, 6) is 0.